The van der Waals surface area contributed by atoms with Crippen LogP contribution in [0.15, 0.2) is 12.1 Å². The highest BCUT2D eigenvalue weighted by atomic mass is 16.5. The van der Waals surface area contributed by atoms with Crippen molar-refractivity contribution < 1.29 is 14.6 Å². The van der Waals surface area contributed by atoms with Crippen LogP contribution in [-0.4, -0.2) is 17.7 Å². The van der Waals surface area contributed by atoms with E-state index in [4.69, 9.17) is 4.74 Å². The van der Waals surface area contributed by atoms with Crippen molar-refractivity contribution in [3.05, 3.63) is 28.8 Å². The quantitative estimate of drug-likeness (QED) is 0.847. The third-order valence-electron chi connectivity index (χ3n) is 3.24. The van der Waals surface area contributed by atoms with Crippen molar-refractivity contribution in [3.63, 3.8) is 0 Å². The first-order valence-corrected chi connectivity index (χ1v) is 6.83. The summed E-state index contributed by atoms with van der Waals surface area (Å²) in [5.74, 6) is 0.0135. The molecule has 0 radical (unpaired) electrons. The monoisotopic (exact) mass is 264 g/mol. The molecule has 0 saturated heterocycles. The summed E-state index contributed by atoms with van der Waals surface area (Å²) < 4.78 is 5.55. The lowest BCUT2D eigenvalue weighted by atomic mass is 9.87. The Morgan fingerprint density at radius 2 is 1.89 bits per heavy atom. The predicted molar refractivity (Wildman–Crippen MR) is 76.9 cm³/mol. The molecule has 0 bridgehead atoms. The van der Waals surface area contributed by atoms with E-state index in [2.05, 4.69) is 0 Å². The molecule has 0 fully saturated rings. The standard InChI is InChI=1S/C16H24O3/c1-6-19-15-9-11(4)13(8-12(15)5)14(16(17)18)7-10(2)3/h8-10,14H,6-7H2,1-5H3,(H,17,18). The number of carbonyl (C=O) groups is 1. The third kappa shape index (κ3) is 3.98. The molecule has 0 amide bonds. The van der Waals surface area contributed by atoms with Gasteiger partial charge in [-0.2, -0.15) is 0 Å². The van der Waals surface area contributed by atoms with Crippen LogP contribution >= 0.6 is 0 Å². The maximum Gasteiger partial charge on any atom is 0.310 e. The molecule has 106 valence electrons. The van der Waals surface area contributed by atoms with Crippen molar-refractivity contribution in [1.29, 1.82) is 0 Å². The number of hydrogen-bond acceptors (Lipinski definition) is 2. The van der Waals surface area contributed by atoms with Gasteiger partial charge in [-0.15, -0.1) is 0 Å². The molecular weight excluding hydrogens is 240 g/mol. The number of hydrogen-bond donors (Lipinski definition) is 1. The van der Waals surface area contributed by atoms with E-state index in [0.717, 1.165) is 22.4 Å². The molecule has 1 N–H and O–H groups in total. The zero-order valence-corrected chi connectivity index (χ0v) is 12.5. The highest BCUT2D eigenvalue weighted by Crippen LogP contribution is 2.31. The molecule has 3 heteroatoms. The molecule has 0 spiro atoms. The molecule has 0 heterocycles. The van der Waals surface area contributed by atoms with Gasteiger partial charge < -0.3 is 9.84 Å². The molecule has 0 aliphatic carbocycles. The fourth-order valence-electron chi connectivity index (χ4n) is 2.33. The van der Waals surface area contributed by atoms with Crippen molar-refractivity contribution in [3.8, 4) is 5.75 Å². The molecule has 1 aromatic carbocycles. The van der Waals surface area contributed by atoms with Crippen molar-refractivity contribution >= 4 is 5.97 Å². The molecular formula is C16H24O3. The van der Waals surface area contributed by atoms with Crippen LogP contribution in [0.25, 0.3) is 0 Å². The third-order valence-corrected chi connectivity index (χ3v) is 3.24. The second-order valence-electron chi connectivity index (χ2n) is 5.43. The van der Waals surface area contributed by atoms with E-state index in [1.165, 1.54) is 0 Å². The Labute approximate surface area is 115 Å². The summed E-state index contributed by atoms with van der Waals surface area (Å²) in [5.41, 5.74) is 2.89. The van der Waals surface area contributed by atoms with E-state index >= 15 is 0 Å². The van der Waals surface area contributed by atoms with Gasteiger partial charge in [0, 0.05) is 0 Å². The minimum atomic E-state index is -0.750. The van der Waals surface area contributed by atoms with Gasteiger partial charge in [0.05, 0.1) is 12.5 Å². The van der Waals surface area contributed by atoms with Crippen LogP contribution in [0.4, 0.5) is 0 Å². The van der Waals surface area contributed by atoms with Gasteiger partial charge >= 0.3 is 5.97 Å². The number of aliphatic carboxylic acids is 1. The summed E-state index contributed by atoms with van der Waals surface area (Å²) in [5, 5.41) is 9.43. The van der Waals surface area contributed by atoms with E-state index in [9.17, 15) is 9.90 Å². The van der Waals surface area contributed by atoms with Gasteiger partial charge in [-0.3, -0.25) is 4.79 Å². The van der Waals surface area contributed by atoms with Gasteiger partial charge in [0.25, 0.3) is 0 Å². The molecule has 19 heavy (non-hydrogen) atoms. The summed E-state index contributed by atoms with van der Waals surface area (Å²) in [6.45, 7) is 10.6. The van der Waals surface area contributed by atoms with E-state index in [-0.39, 0.29) is 0 Å². The summed E-state index contributed by atoms with van der Waals surface area (Å²) >= 11 is 0. The number of carboxylic acid groups (broad SMARTS) is 1. The Morgan fingerprint density at radius 1 is 1.26 bits per heavy atom. The van der Waals surface area contributed by atoms with Crippen LogP contribution in [0.1, 0.15) is 49.8 Å². The lowest BCUT2D eigenvalue weighted by molar-refractivity contribution is -0.139. The molecule has 0 aliphatic heterocycles. The van der Waals surface area contributed by atoms with E-state index in [1.54, 1.807) is 0 Å². The summed E-state index contributed by atoms with van der Waals surface area (Å²) in [6.07, 6.45) is 0.656. The highest BCUT2D eigenvalue weighted by molar-refractivity contribution is 5.77. The van der Waals surface area contributed by atoms with Crippen molar-refractivity contribution in [1.82, 2.24) is 0 Å². The van der Waals surface area contributed by atoms with Crippen LogP contribution in [0.3, 0.4) is 0 Å². The zero-order valence-electron chi connectivity index (χ0n) is 12.5. The molecule has 1 aromatic rings. The molecule has 0 aliphatic rings. The van der Waals surface area contributed by atoms with Gasteiger partial charge in [-0.25, -0.2) is 0 Å². The highest BCUT2D eigenvalue weighted by Gasteiger charge is 2.23. The fourth-order valence-corrected chi connectivity index (χ4v) is 2.33. The molecule has 1 rings (SSSR count). The number of ether oxygens (including phenoxy) is 1. The molecule has 1 atom stereocenters. The van der Waals surface area contributed by atoms with Crippen LogP contribution in [0.2, 0.25) is 0 Å². The minimum Gasteiger partial charge on any atom is -0.494 e. The lowest BCUT2D eigenvalue weighted by Crippen LogP contribution is -2.15. The predicted octanol–water partition coefficient (Wildman–Crippen LogP) is 3.92. The van der Waals surface area contributed by atoms with E-state index in [1.807, 2.05) is 46.8 Å². The SMILES string of the molecule is CCOc1cc(C)c(C(CC(C)C)C(=O)O)cc1C. The first-order chi connectivity index (χ1) is 8.86. The molecule has 0 saturated carbocycles. The number of benzene rings is 1. The second-order valence-corrected chi connectivity index (χ2v) is 5.43. The maximum absolute atomic E-state index is 11.5. The average molecular weight is 264 g/mol. The van der Waals surface area contributed by atoms with Gasteiger partial charge in [0.2, 0.25) is 0 Å². The van der Waals surface area contributed by atoms with Crippen molar-refractivity contribution in [2.45, 2.75) is 47.0 Å². The van der Waals surface area contributed by atoms with Crippen LogP contribution in [0, 0.1) is 19.8 Å². The van der Waals surface area contributed by atoms with Crippen LogP contribution in [0.5, 0.6) is 5.75 Å². The van der Waals surface area contributed by atoms with Gasteiger partial charge in [-0.1, -0.05) is 19.9 Å². The van der Waals surface area contributed by atoms with Crippen LogP contribution in [-0.2, 0) is 4.79 Å². The van der Waals surface area contributed by atoms with Crippen LogP contribution < -0.4 is 4.74 Å². The average Bonchev–Trinajstić information content (AvgIpc) is 2.30. The van der Waals surface area contributed by atoms with E-state index in [0.29, 0.717) is 18.9 Å². The normalized spacial score (nSPS) is 12.5. The summed E-state index contributed by atoms with van der Waals surface area (Å²) in [4.78, 5) is 11.5. The number of rotatable bonds is 6. The lowest BCUT2D eigenvalue weighted by Gasteiger charge is -2.19. The Balaban J connectivity index is 3.17. The van der Waals surface area contributed by atoms with Crippen molar-refractivity contribution in [2.75, 3.05) is 6.61 Å². The van der Waals surface area contributed by atoms with Crippen molar-refractivity contribution in [2.24, 2.45) is 5.92 Å². The largest absolute Gasteiger partial charge is 0.494 e. The second kappa shape index (κ2) is 6.60. The maximum atomic E-state index is 11.5. The minimum absolute atomic E-state index is 0.354. The summed E-state index contributed by atoms with van der Waals surface area (Å²) in [6, 6.07) is 3.91. The Bertz CT molecular complexity index is 450. The van der Waals surface area contributed by atoms with Gasteiger partial charge in [-0.05, 0) is 55.9 Å². The van der Waals surface area contributed by atoms with Gasteiger partial charge in [0.1, 0.15) is 5.75 Å². The first-order valence-electron chi connectivity index (χ1n) is 6.83. The number of carboxylic acids is 1. The molecule has 0 aromatic heterocycles. The summed E-state index contributed by atoms with van der Waals surface area (Å²) in [7, 11) is 0. The zero-order chi connectivity index (χ0) is 14.6. The first kappa shape index (κ1) is 15.5. The van der Waals surface area contributed by atoms with E-state index < -0.39 is 11.9 Å². The smallest absolute Gasteiger partial charge is 0.310 e. The number of aryl methyl sites for hydroxylation is 2. The Kier molecular flexibility index (Phi) is 5.40. The molecule has 1 unspecified atom stereocenters. The Hall–Kier alpha value is -1.51. The van der Waals surface area contributed by atoms with Gasteiger partial charge in [0.15, 0.2) is 0 Å². The molecule has 3 nitrogen and oxygen atoms in total. The topological polar surface area (TPSA) is 46.5 Å². The fraction of sp³-hybridized carbons (Fsp3) is 0.562. The Morgan fingerprint density at radius 3 is 2.37 bits per heavy atom.